The van der Waals surface area contributed by atoms with E-state index in [1.165, 1.54) is 56.9 Å². The molecule has 42 nitrogen and oxygen atoms in total. The monoisotopic (exact) mass is 1440 g/mol. The van der Waals surface area contributed by atoms with Gasteiger partial charge in [-0.1, -0.05) is 0 Å². The van der Waals surface area contributed by atoms with Crippen molar-refractivity contribution < 1.29 is 206 Å². The minimum Gasteiger partial charge on any atom is -0.394 e. The van der Waals surface area contributed by atoms with Crippen LogP contribution in [0.15, 0.2) is 0 Å². The van der Waals surface area contributed by atoms with Gasteiger partial charge in [-0.2, -0.15) is 0 Å². The molecule has 98 heavy (non-hydrogen) atoms. The van der Waals surface area contributed by atoms with Crippen molar-refractivity contribution >= 4 is 0 Å². The highest BCUT2D eigenvalue weighted by molar-refractivity contribution is 5.02. The van der Waals surface area contributed by atoms with Gasteiger partial charge in [0.25, 0.3) is 0 Å². The minimum absolute atomic E-state index is 0.0444. The number of methoxy groups -OCH3 is 8. The van der Waals surface area contributed by atoms with E-state index in [1.807, 2.05) is 0 Å². The van der Waals surface area contributed by atoms with E-state index >= 15 is 0 Å². The lowest BCUT2D eigenvalue weighted by Gasteiger charge is -2.50. The van der Waals surface area contributed by atoms with Crippen LogP contribution in [0.1, 0.15) is 0 Å². The van der Waals surface area contributed by atoms with Gasteiger partial charge < -0.3 is 206 Å². The van der Waals surface area contributed by atoms with Crippen molar-refractivity contribution in [3.8, 4) is 0 Å². The first-order valence-electron chi connectivity index (χ1n) is 31.3. The van der Waals surface area contributed by atoms with Crippen molar-refractivity contribution in [1.29, 1.82) is 0 Å². The van der Waals surface area contributed by atoms with Crippen LogP contribution in [0, 0.1) is 0 Å². The molecule has 0 aromatic rings. The number of aliphatic hydroxyl groups excluding tert-OH is 20. The average Bonchev–Trinajstić information content (AvgIpc) is 0.643. The Kier molecular flexibility index (Phi) is 32.9. The summed E-state index contributed by atoms with van der Waals surface area (Å²) in [5.74, 6) is 0. The summed E-state index contributed by atoms with van der Waals surface area (Å²) in [7, 11) is 10.9. The normalized spacial score (nSPS) is 49.6. The summed E-state index contributed by atoms with van der Waals surface area (Å²) < 4.78 is 123. The second-order valence-electron chi connectivity index (χ2n) is 24.2. The maximum Gasteiger partial charge on any atom is 0.187 e. The summed E-state index contributed by atoms with van der Waals surface area (Å²) in [5.41, 5.74) is 0. The first-order valence-corrected chi connectivity index (χ1v) is 31.3. The average molecular weight is 1450 g/mol. The van der Waals surface area contributed by atoms with Crippen LogP contribution in [-0.4, -0.2) is 458 Å². The molecule has 8 aliphatic rings. The minimum atomic E-state index is -2.02. The molecule has 8 rings (SSSR count). The zero-order valence-electron chi connectivity index (χ0n) is 54.7. The summed E-state index contributed by atoms with van der Waals surface area (Å²) in [6, 6.07) is 0. The zero-order chi connectivity index (χ0) is 72.3. The Hall–Kier alpha value is -1.68. The number of aliphatic hydroxyl groups is 20. The highest BCUT2D eigenvalue weighted by Gasteiger charge is 2.59. The van der Waals surface area contributed by atoms with Gasteiger partial charge in [-0.15, -0.1) is 0 Å². The van der Waals surface area contributed by atoms with Crippen LogP contribution in [0.2, 0.25) is 0 Å². The highest BCUT2D eigenvalue weighted by Crippen LogP contribution is 2.39. The molecule has 0 aliphatic carbocycles. The Labute approximate surface area is 560 Å². The second kappa shape index (κ2) is 38.5. The third kappa shape index (κ3) is 18.4. The van der Waals surface area contributed by atoms with Gasteiger partial charge in [-0.3, -0.25) is 0 Å². The van der Waals surface area contributed by atoms with E-state index in [-0.39, 0.29) is 19.8 Å². The van der Waals surface area contributed by atoms with Gasteiger partial charge in [0.15, 0.2) is 50.3 Å². The van der Waals surface area contributed by atoms with E-state index in [0.29, 0.717) is 0 Å². The fourth-order valence-electron chi connectivity index (χ4n) is 12.7. The van der Waals surface area contributed by atoms with Crippen LogP contribution in [0.3, 0.4) is 0 Å². The van der Waals surface area contributed by atoms with E-state index in [2.05, 4.69) is 0 Å². The van der Waals surface area contributed by atoms with Gasteiger partial charge in [0.2, 0.25) is 0 Å². The Morgan fingerprint density at radius 1 is 0.204 bits per heavy atom. The largest absolute Gasteiger partial charge is 0.394 e. The molecule has 0 aromatic carbocycles. The van der Waals surface area contributed by atoms with Crippen LogP contribution in [0.5, 0.6) is 0 Å². The quantitative estimate of drug-likeness (QED) is 0.0346. The molecule has 8 aliphatic heterocycles. The molecule has 0 amide bonds. The molecular formula is C56H100O42. The molecule has 0 spiro atoms. The summed E-state index contributed by atoms with van der Waals surface area (Å²) in [4.78, 5) is 0. The van der Waals surface area contributed by atoms with Gasteiger partial charge in [-0.05, 0) is 0 Å². The van der Waals surface area contributed by atoms with E-state index in [9.17, 15) is 102 Å². The summed E-state index contributed by atoms with van der Waals surface area (Å²) in [6.07, 6.45) is -59.9. The Morgan fingerprint density at radius 2 is 0.480 bits per heavy atom. The van der Waals surface area contributed by atoms with E-state index in [4.69, 9.17) is 104 Å². The molecule has 0 aromatic heterocycles. The first-order chi connectivity index (χ1) is 46.8. The van der Waals surface area contributed by atoms with Crippen LogP contribution in [-0.2, 0) is 104 Å². The molecule has 8 fully saturated rings. The van der Waals surface area contributed by atoms with Crippen molar-refractivity contribution in [2.45, 2.75) is 246 Å². The molecule has 16 unspecified atom stereocenters. The second-order valence-corrected chi connectivity index (χ2v) is 24.2. The molecule has 20 N–H and O–H groups in total. The van der Waals surface area contributed by atoms with E-state index < -0.39 is 279 Å². The molecule has 8 saturated heterocycles. The number of hydrogen-bond donors (Lipinski definition) is 20. The highest BCUT2D eigenvalue weighted by atomic mass is 16.8. The van der Waals surface area contributed by atoms with Gasteiger partial charge in [0.1, 0.15) is 195 Å². The van der Waals surface area contributed by atoms with Crippen molar-refractivity contribution in [2.75, 3.05) is 110 Å². The lowest BCUT2D eigenvalue weighted by molar-refractivity contribution is -0.391. The number of ether oxygens (including phenoxy) is 22. The molecule has 42 heteroatoms. The molecule has 40 atom stereocenters. The maximum atomic E-state index is 11.7. The Bertz CT molecular complexity index is 2250. The van der Waals surface area contributed by atoms with Gasteiger partial charge in [-0.25, -0.2) is 0 Å². The third-order valence-electron chi connectivity index (χ3n) is 18.1. The zero-order valence-corrected chi connectivity index (χ0v) is 54.7. The van der Waals surface area contributed by atoms with Crippen molar-refractivity contribution in [3.63, 3.8) is 0 Å². The van der Waals surface area contributed by atoms with Crippen molar-refractivity contribution in [2.24, 2.45) is 0 Å². The lowest BCUT2D eigenvalue weighted by atomic mass is 9.95. The first kappa shape index (κ1) is 83.6. The van der Waals surface area contributed by atoms with Crippen molar-refractivity contribution in [3.05, 3.63) is 0 Å². The summed E-state index contributed by atoms with van der Waals surface area (Å²) >= 11 is 0. The van der Waals surface area contributed by atoms with E-state index in [0.717, 1.165) is 0 Å². The van der Waals surface area contributed by atoms with Gasteiger partial charge >= 0.3 is 0 Å². The van der Waals surface area contributed by atoms with Gasteiger partial charge in [0.05, 0.1) is 52.9 Å². The molecule has 8 heterocycles. The molecule has 576 valence electrons. The smallest absolute Gasteiger partial charge is 0.187 e. The summed E-state index contributed by atoms with van der Waals surface area (Å²) in [5, 5.41) is 208. The topological polar surface area (TPSA) is 608 Å². The summed E-state index contributed by atoms with van der Waals surface area (Å²) in [6.45, 7) is -4.26. The van der Waals surface area contributed by atoms with Gasteiger partial charge in [0, 0.05) is 56.9 Å². The Balaban J connectivity index is 0.000000280. The molecular weight excluding hydrogens is 1340 g/mol. The van der Waals surface area contributed by atoms with Crippen LogP contribution >= 0.6 is 0 Å². The molecule has 0 bridgehead atoms. The fourth-order valence-corrected chi connectivity index (χ4v) is 12.7. The molecule has 0 radical (unpaired) electrons. The van der Waals surface area contributed by atoms with Crippen LogP contribution in [0.4, 0.5) is 0 Å². The predicted molar refractivity (Wildman–Crippen MR) is 306 cm³/mol. The number of rotatable bonds is 28. The maximum absolute atomic E-state index is 11.7. The lowest BCUT2D eigenvalue weighted by Crippen LogP contribution is -2.68. The number of hydrogen-bond acceptors (Lipinski definition) is 42. The standard InChI is InChI=1S/C32H58O21.C24H42O21/c1-39-10-14-17(34)25(42-4)21(38)29(48-14)51-23-15(11-40-2)49-32(27(44-6)19(23)36)53-24-16(12-41-3)50-31(28(45-7)20(24)37)52-22-13(9-33)47-30(46-8)26(43-5)18(22)35;25-1-5-9(29)10(30)15(35)22(40-5)44-19-7(3-27)42-24(17(37)12(19)32)45-20-8(4-28)41-23(16(36)13(20)33)43-18-6(2-26)39-21(38)14(34)11(18)31/h13-38H,9-12H2,1-8H3;5-38H,1-4H2/t13-,14?,15-,16?,17+,18?,19?,20?,21-,22+,23+,24+,25?,26?,27?,28-,29-,30+,31-,32-;5?,6-,7-,8?,9+,10?,11?,12?,13?,14?,15-,16-,17?,18+,19+,20+,21+,22-,23-,24-/m00/s1. The third-order valence-corrected chi connectivity index (χ3v) is 18.1. The molecule has 0 saturated carbocycles. The fraction of sp³-hybridized carbons (Fsp3) is 1.00. The Morgan fingerprint density at radius 3 is 0.847 bits per heavy atom. The van der Waals surface area contributed by atoms with Crippen LogP contribution in [0.25, 0.3) is 0 Å². The predicted octanol–water partition coefficient (Wildman–Crippen LogP) is -14.3. The van der Waals surface area contributed by atoms with E-state index in [1.54, 1.807) is 0 Å². The van der Waals surface area contributed by atoms with Crippen LogP contribution < -0.4 is 0 Å². The SMILES string of the molecule is COCC1O[C@@H](O[C@H]2C(O)C(OC)[C@H](O[C@@H]3C(COC)O[C@@H](O[C@H]4C(O)C(OC)[C@H](OC)O[C@H]4CO)[C@@H](OC)C3O)O[C@H]2COC)[C@@H](O)C(OC)[C@@H]1O.OCC1O[C@@H](O[C@H]2C(O)C(O)[C@H](O[C@@H]3C(CO)O[C@@H](O[C@H]4C(O)C(O)[C@H](O)O[C@H]4CO)[C@@H](O)C3O)O[C@H]2CO)[C@@H](O)C(O)[C@@H]1O. The van der Waals surface area contributed by atoms with Crippen molar-refractivity contribution in [1.82, 2.24) is 0 Å².